The van der Waals surface area contributed by atoms with Crippen LogP contribution in [0.3, 0.4) is 0 Å². The highest BCUT2D eigenvalue weighted by atomic mass is 16.5. The molecule has 0 N–H and O–H groups in total. The molecule has 0 fully saturated rings. The molecule has 0 aliphatic heterocycles. The lowest BCUT2D eigenvalue weighted by atomic mass is 9.97. The van der Waals surface area contributed by atoms with Gasteiger partial charge in [0.05, 0.1) is 6.61 Å². The predicted octanol–water partition coefficient (Wildman–Crippen LogP) is 5.26. The third kappa shape index (κ3) is 3.35. The third-order valence-corrected chi connectivity index (χ3v) is 4.12. The summed E-state index contributed by atoms with van der Waals surface area (Å²) < 4.78 is 11.1. The summed E-state index contributed by atoms with van der Waals surface area (Å²) in [5, 5.41) is 0.986. The minimum atomic E-state index is -0.328. The Kier molecular flexibility index (Phi) is 4.70. The first-order valence-electron chi connectivity index (χ1n) is 8.37. The Morgan fingerprint density at radius 3 is 2.50 bits per heavy atom. The highest BCUT2D eigenvalue weighted by Gasteiger charge is 2.11. The Morgan fingerprint density at radius 1 is 1.04 bits per heavy atom. The van der Waals surface area contributed by atoms with Crippen molar-refractivity contribution in [1.29, 1.82) is 0 Å². The molecule has 24 heavy (non-hydrogen) atoms. The molecule has 3 rings (SSSR count). The zero-order chi connectivity index (χ0) is 17.1. The quantitative estimate of drug-likeness (QED) is 0.475. The van der Waals surface area contributed by atoms with E-state index in [1.165, 1.54) is 0 Å². The second-order valence-electron chi connectivity index (χ2n) is 6.16. The van der Waals surface area contributed by atoms with Crippen LogP contribution in [0.5, 0.6) is 5.75 Å². The molecule has 3 aromatic rings. The van der Waals surface area contributed by atoms with Gasteiger partial charge in [-0.3, -0.25) is 0 Å². The van der Waals surface area contributed by atoms with Crippen molar-refractivity contribution < 1.29 is 9.15 Å². The number of aryl methyl sites for hydroxylation is 2. The first-order chi connectivity index (χ1) is 11.6. The lowest BCUT2D eigenvalue weighted by Crippen LogP contribution is -2.00. The summed E-state index contributed by atoms with van der Waals surface area (Å²) in [5.74, 6) is 0.854. The molecule has 3 heteroatoms. The van der Waals surface area contributed by atoms with Crippen molar-refractivity contribution >= 4 is 11.0 Å². The van der Waals surface area contributed by atoms with Gasteiger partial charge in [-0.15, -0.1) is 0 Å². The minimum absolute atomic E-state index is 0.328. The topological polar surface area (TPSA) is 39.4 Å². The molecular formula is C21H22O3. The third-order valence-electron chi connectivity index (χ3n) is 4.12. The van der Waals surface area contributed by atoms with Gasteiger partial charge in [0.1, 0.15) is 11.3 Å². The number of benzene rings is 2. The zero-order valence-electron chi connectivity index (χ0n) is 14.4. The Hall–Kier alpha value is -2.55. The molecule has 0 bridgehead atoms. The molecule has 0 saturated carbocycles. The summed E-state index contributed by atoms with van der Waals surface area (Å²) >= 11 is 0. The van der Waals surface area contributed by atoms with E-state index in [9.17, 15) is 4.79 Å². The lowest BCUT2D eigenvalue weighted by molar-refractivity contribution is 0.309. The van der Waals surface area contributed by atoms with Crippen LogP contribution in [0.4, 0.5) is 0 Å². The van der Waals surface area contributed by atoms with Crippen LogP contribution in [0.2, 0.25) is 0 Å². The van der Waals surface area contributed by atoms with Crippen molar-refractivity contribution in [3.63, 3.8) is 0 Å². The van der Waals surface area contributed by atoms with Crippen molar-refractivity contribution in [3.8, 4) is 16.9 Å². The highest BCUT2D eigenvalue weighted by Crippen LogP contribution is 2.31. The monoisotopic (exact) mass is 322 g/mol. The van der Waals surface area contributed by atoms with E-state index < -0.39 is 0 Å². The molecule has 0 aliphatic carbocycles. The summed E-state index contributed by atoms with van der Waals surface area (Å²) in [4.78, 5) is 12.0. The van der Waals surface area contributed by atoms with E-state index in [1.54, 1.807) is 6.07 Å². The molecule has 2 aromatic carbocycles. The van der Waals surface area contributed by atoms with Crippen LogP contribution in [0.25, 0.3) is 22.1 Å². The van der Waals surface area contributed by atoms with Gasteiger partial charge in [-0.1, -0.05) is 31.5 Å². The Balaban J connectivity index is 2.04. The van der Waals surface area contributed by atoms with E-state index in [-0.39, 0.29) is 5.63 Å². The van der Waals surface area contributed by atoms with Crippen molar-refractivity contribution in [1.82, 2.24) is 0 Å². The molecule has 0 aliphatic rings. The van der Waals surface area contributed by atoms with Gasteiger partial charge in [0.2, 0.25) is 0 Å². The molecule has 0 unspecified atom stereocenters. The molecule has 0 atom stereocenters. The fourth-order valence-electron chi connectivity index (χ4n) is 2.97. The maximum absolute atomic E-state index is 12.0. The van der Waals surface area contributed by atoms with Crippen LogP contribution in [0.15, 0.2) is 51.7 Å². The van der Waals surface area contributed by atoms with E-state index in [2.05, 4.69) is 13.0 Å². The SMILES string of the molecule is CCCCOc1ccc(-c2cc(=O)oc3cc(C)cc(C)c23)cc1. The van der Waals surface area contributed by atoms with E-state index in [0.29, 0.717) is 5.58 Å². The largest absolute Gasteiger partial charge is 0.494 e. The van der Waals surface area contributed by atoms with E-state index in [4.69, 9.17) is 9.15 Å². The Labute approximate surface area is 141 Å². The van der Waals surface area contributed by atoms with E-state index >= 15 is 0 Å². The Morgan fingerprint density at radius 2 is 1.79 bits per heavy atom. The number of unbranched alkanes of at least 4 members (excludes halogenated alkanes) is 1. The summed E-state index contributed by atoms with van der Waals surface area (Å²) in [6, 6.07) is 13.5. The molecule has 124 valence electrons. The van der Waals surface area contributed by atoms with E-state index in [0.717, 1.165) is 52.8 Å². The number of fused-ring (bicyclic) bond motifs is 1. The molecule has 1 aromatic heterocycles. The van der Waals surface area contributed by atoms with Gasteiger partial charge in [-0.05, 0) is 55.2 Å². The van der Waals surface area contributed by atoms with Gasteiger partial charge in [-0.2, -0.15) is 0 Å². The lowest BCUT2D eigenvalue weighted by Gasteiger charge is -2.10. The Bertz CT molecular complexity index is 905. The highest BCUT2D eigenvalue weighted by molar-refractivity contribution is 5.95. The van der Waals surface area contributed by atoms with Gasteiger partial charge < -0.3 is 9.15 Å². The van der Waals surface area contributed by atoms with Crippen molar-refractivity contribution in [3.05, 3.63) is 64.0 Å². The van der Waals surface area contributed by atoms with Crippen LogP contribution in [-0.4, -0.2) is 6.61 Å². The van der Waals surface area contributed by atoms with Crippen LogP contribution in [0, 0.1) is 13.8 Å². The van der Waals surface area contributed by atoms with Gasteiger partial charge in [0.25, 0.3) is 0 Å². The average molecular weight is 322 g/mol. The fourth-order valence-corrected chi connectivity index (χ4v) is 2.97. The summed E-state index contributed by atoms with van der Waals surface area (Å²) in [6.45, 7) is 6.91. The average Bonchev–Trinajstić information content (AvgIpc) is 2.54. The second-order valence-corrected chi connectivity index (χ2v) is 6.16. The molecule has 0 spiro atoms. The van der Waals surface area contributed by atoms with Crippen molar-refractivity contribution in [2.45, 2.75) is 33.6 Å². The molecule has 0 saturated heterocycles. The maximum Gasteiger partial charge on any atom is 0.336 e. The van der Waals surface area contributed by atoms with Gasteiger partial charge in [0.15, 0.2) is 0 Å². The normalized spacial score (nSPS) is 11.0. The minimum Gasteiger partial charge on any atom is -0.494 e. The predicted molar refractivity (Wildman–Crippen MR) is 97.8 cm³/mol. The van der Waals surface area contributed by atoms with E-state index in [1.807, 2.05) is 44.2 Å². The first kappa shape index (κ1) is 16.3. The van der Waals surface area contributed by atoms with Crippen LogP contribution in [0.1, 0.15) is 30.9 Å². The second kappa shape index (κ2) is 6.91. The zero-order valence-corrected chi connectivity index (χ0v) is 14.4. The maximum atomic E-state index is 12.0. The molecule has 0 radical (unpaired) electrons. The number of hydrogen-bond donors (Lipinski definition) is 0. The number of rotatable bonds is 5. The molecule has 3 nitrogen and oxygen atoms in total. The van der Waals surface area contributed by atoms with Crippen LogP contribution >= 0.6 is 0 Å². The molecule has 1 heterocycles. The van der Waals surface area contributed by atoms with Crippen molar-refractivity contribution in [2.24, 2.45) is 0 Å². The van der Waals surface area contributed by atoms with Crippen molar-refractivity contribution in [2.75, 3.05) is 6.61 Å². The van der Waals surface area contributed by atoms with Crippen LogP contribution in [-0.2, 0) is 0 Å². The fraction of sp³-hybridized carbons (Fsp3) is 0.286. The molecule has 0 amide bonds. The summed E-state index contributed by atoms with van der Waals surface area (Å²) in [7, 11) is 0. The smallest absolute Gasteiger partial charge is 0.336 e. The van der Waals surface area contributed by atoms with Gasteiger partial charge >= 0.3 is 5.63 Å². The molecular weight excluding hydrogens is 300 g/mol. The first-order valence-corrected chi connectivity index (χ1v) is 8.37. The number of hydrogen-bond acceptors (Lipinski definition) is 3. The summed E-state index contributed by atoms with van der Waals surface area (Å²) in [5.41, 5.74) is 4.39. The van der Waals surface area contributed by atoms with Gasteiger partial charge in [-0.25, -0.2) is 4.79 Å². The summed E-state index contributed by atoms with van der Waals surface area (Å²) in [6.07, 6.45) is 2.16. The standard InChI is InChI=1S/C21H22O3/c1-4-5-10-23-17-8-6-16(7-9-17)18-13-20(22)24-19-12-14(2)11-15(3)21(18)19/h6-9,11-13H,4-5,10H2,1-3H3. The van der Waals surface area contributed by atoms with Gasteiger partial charge in [0, 0.05) is 17.0 Å². The number of ether oxygens (including phenoxy) is 1. The van der Waals surface area contributed by atoms with Crippen LogP contribution < -0.4 is 10.4 Å².